The molecule has 1 aliphatic carbocycles. The van der Waals surface area contributed by atoms with Crippen LogP contribution >= 0.6 is 11.8 Å². The second-order valence-electron chi connectivity index (χ2n) is 7.94. The Labute approximate surface area is 191 Å². The van der Waals surface area contributed by atoms with E-state index in [2.05, 4.69) is 10.3 Å². The Balaban J connectivity index is 1.94. The van der Waals surface area contributed by atoms with E-state index in [1.54, 1.807) is 42.8 Å². The maximum Gasteiger partial charge on any atom is 0.258 e. The number of hydrogen-bond acceptors (Lipinski definition) is 7. The molecular formula is C24H27N5O2S. The van der Waals surface area contributed by atoms with Crippen LogP contribution in [0.2, 0.25) is 0 Å². The van der Waals surface area contributed by atoms with E-state index in [4.69, 9.17) is 15.1 Å². The fraction of sp³-hybridized carbons (Fsp3) is 0.333. The number of allylic oxidation sites excluding steroid dienone is 1. The molecule has 0 bridgehead atoms. The molecule has 32 heavy (non-hydrogen) atoms. The Morgan fingerprint density at radius 3 is 2.88 bits per heavy atom. The molecule has 0 unspecified atom stereocenters. The Bertz CT molecular complexity index is 1250. The highest BCUT2D eigenvalue weighted by Gasteiger charge is 2.24. The molecule has 0 spiro atoms. The van der Waals surface area contributed by atoms with E-state index in [0.29, 0.717) is 35.1 Å². The number of benzene rings is 1. The Kier molecular flexibility index (Phi) is 6.60. The topological polar surface area (TPSA) is 92.9 Å². The summed E-state index contributed by atoms with van der Waals surface area (Å²) in [6, 6.07) is 5.63. The summed E-state index contributed by atoms with van der Waals surface area (Å²) in [7, 11) is 3.54. The van der Waals surface area contributed by atoms with Crippen molar-refractivity contribution in [2.75, 3.05) is 19.9 Å². The fourth-order valence-electron chi connectivity index (χ4n) is 3.59. The van der Waals surface area contributed by atoms with Crippen molar-refractivity contribution in [1.29, 1.82) is 5.41 Å². The molecule has 0 amide bonds. The minimum Gasteiger partial charge on any atom is -0.489 e. The number of pyridine rings is 1. The number of fused-ring (bicyclic) bond motifs is 1. The van der Waals surface area contributed by atoms with Crippen LogP contribution in [0.3, 0.4) is 0 Å². The van der Waals surface area contributed by atoms with Gasteiger partial charge < -0.3 is 20.0 Å². The van der Waals surface area contributed by atoms with Crippen LogP contribution in [0.25, 0.3) is 27.6 Å². The SMILES string of the molecule is CN/C=C(\C=N)c1ccc2c(=O)n(C)cc(-c3nc(CSC)ncc3OCC3CC3)c2c1. The molecule has 166 valence electrons. The summed E-state index contributed by atoms with van der Waals surface area (Å²) < 4.78 is 7.71. The summed E-state index contributed by atoms with van der Waals surface area (Å²) in [6.07, 6.45) is 11.0. The van der Waals surface area contributed by atoms with Gasteiger partial charge in [0.15, 0.2) is 5.75 Å². The molecule has 1 saturated carbocycles. The predicted octanol–water partition coefficient (Wildman–Crippen LogP) is 3.86. The summed E-state index contributed by atoms with van der Waals surface area (Å²) in [5.41, 5.74) is 2.99. The standard InChI is InChI=1S/C24H27N5O2S/c1-26-10-17(9-25)16-6-7-18-19(8-16)20(12-29(2)24(18)30)23-21(31-13-15-4-5-15)11-27-22(28-23)14-32-3/h6-12,15,25-26H,4-5,13-14H2,1-3H3/b17-10+,25-9?. The van der Waals surface area contributed by atoms with Crippen molar-refractivity contribution in [3.63, 3.8) is 0 Å². The van der Waals surface area contributed by atoms with Gasteiger partial charge in [0, 0.05) is 49.2 Å². The lowest BCUT2D eigenvalue weighted by molar-refractivity contribution is 0.298. The largest absolute Gasteiger partial charge is 0.489 e. The Hall–Kier alpha value is -3.13. The first-order chi connectivity index (χ1) is 15.5. The highest BCUT2D eigenvalue weighted by Crippen LogP contribution is 2.35. The average Bonchev–Trinajstić information content (AvgIpc) is 3.63. The number of ether oxygens (including phenoxy) is 1. The van der Waals surface area contributed by atoms with Gasteiger partial charge in [-0.05, 0) is 48.1 Å². The third kappa shape index (κ3) is 4.55. The summed E-state index contributed by atoms with van der Waals surface area (Å²) in [5, 5.41) is 12.1. The molecule has 2 aromatic heterocycles. The van der Waals surface area contributed by atoms with E-state index in [9.17, 15) is 4.79 Å². The van der Waals surface area contributed by atoms with Crippen molar-refractivity contribution < 1.29 is 4.74 Å². The summed E-state index contributed by atoms with van der Waals surface area (Å²) in [5.74, 6) is 2.64. The average molecular weight is 450 g/mol. The number of aromatic nitrogens is 3. The molecule has 4 rings (SSSR count). The monoisotopic (exact) mass is 449 g/mol. The second kappa shape index (κ2) is 9.56. The zero-order valence-corrected chi connectivity index (χ0v) is 19.3. The molecule has 1 fully saturated rings. The van der Waals surface area contributed by atoms with Crippen molar-refractivity contribution in [1.82, 2.24) is 19.9 Å². The van der Waals surface area contributed by atoms with Crippen LogP contribution in [-0.2, 0) is 12.8 Å². The van der Waals surface area contributed by atoms with Gasteiger partial charge in [-0.25, -0.2) is 9.97 Å². The van der Waals surface area contributed by atoms with E-state index in [1.165, 1.54) is 19.1 Å². The summed E-state index contributed by atoms with van der Waals surface area (Å²) >= 11 is 1.66. The number of aryl methyl sites for hydroxylation is 1. The first-order valence-electron chi connectivity index (χ1n) is 10.6. The van der Waals surface area contributed by atoms with E-state index < -0.39 is 0 Å². The number of thioether (sulfide) groups is 1. The third-order valence-corrected chi connectivity index (χ3v) is 6.02. The summed E-state index contributed by atoms with van der Waals surface area (Å²) in [6.45, 7) is 0.649. The lowest BCUT2D eigenvalue weighted by atomic mass is 9.98. The maximum absolute atomic E-state index is 12.9. The number of rotatable bonds is 9. The van der Waals surface area contributed by atoms with Crippen molar-refractivity contribution >= 4 is 34.3 Å². The van der Waals surface area contributed by atoms with Crippen molar-refractivity contribution in [2.24, 2.45) is 13.0 Å². The number of hydrogen-bond donors (Lipinski definition) is 2. The van der Waals surface area contributed by atoms with Crippen molar-refractivity contribution in [3.8, 4) is 17.0 Å². The zero-order valence-electron chi connectivity index (χ0n) is 18.5. The molecular weight excluding hydrogens is 422 g/mol. The first-order valence-corrected chi connectivity index (χ1v) is 11.9. The molecule has 1 aliphatic rings. The van der Waals surface area contributed by atoms with Crippen LogP contribution in [0.1, 0.15) is 24.2 Å². The minimum absolute atomic E-state index is 0.0804. The maximum atomic E-state index is 12.9. The van der Waals surface area contributed by atoms with E-state index >= 15 is 0 Å². The van der Waals surface area contributed by atoms with E-state index in [1.807, 2.05) is 30.7 Å². The molecule has 3 aromatic rings. The number of nitrogens with one attached hydrogen (secondary N) is 2. The van der Waals surface area contributed by atoms with Gasteiger partial charge in [0.1, 0.15) is 11.5 Å². The zero-order chi connectivity index (χ0) is 22.7. The molecule has 2 heterocycles. The third-order valence-electron chi connectivity index (χ3n) is 5.48. The highest BCUT2D eigenvalue weighted by molar-refractivity contribution is 7.97. The lowest BCUT2D eigenvalue weighted by Crippen LogP contribution is -2.17. The van der Waals surface area contributed by atoms with Gasteiger partial charge in [0.25, 0.3) is 5.56 Å². The lowest BCUT2D eigenvalue weighted by Gasteiger charge is -2.15. The van der Waals surface area contributed by atoms with Crippen LogP contribution in [0, 0.1) is 11.3 Å². The van der Waals surface area contributed by atoms with Gasteiger partial charge in [-0.1, -0.05) is 6.07 Å². The molecule has 2 N–H and O–H groups in total. The van der Waals surface area contributed by atoms with Crippen LogP contribution < -0.4 is 15.6 Å². The normalized spacial score (nSPS) is 13.9. The van der Waals surface area contributed by atoms with Gasteiger partial charge in [-0.2, -0.15) is 11.8 Å². The van der Waals surface area contributed by atoms with Crippen molar-refractivity contribution in [2.45, 2.75) is 18.6 Å². The predicted molar refractivity (Wildman–Crippen MR) is 131 cm³/mol. The first kappa shape index (κ1) is 22.1. The van der Waals surface area contributed by atoms with Gasteiger partial charge >= 0.3 is 0 Å². The van der Waals surface area contributed by atoms with Gasteiger partial charge in [-0.3, -0.25) is 4.79 Å². The molecule has 0 saturated heterocycles. The highest BCUT2D eigenvalue weighted by atomic mass is 32.2. The molecule has 8 heteroatoms. The fourth-order valence-corrected chi connectivity index (χ4v) is 3.99. The molecule has 0 atom stereocenters. The molecule has 7 nitrogen and oxygen atoms in total. The molecule has 0 aliphatic heterocycles. The summed E-state index contributed by atoms with van der Waals surface area (Å²) in [4.78, 5) is 22.2. The van der Waals surface area contributed by atoms with Crippen LogP contribution in [0.4, 0.5) is 0 Å². The quantitative estimate of drug-likeness (QED) is 0.482. The van der Waals surface area contributed by atoms with Gasteiger partial charge in [0.05, 0.1) is 18.6 Å². The smallest absolute Gasteiger partial charge is 0.258 e. The molecule has 1 aromatic carbocycles. The van der Waals surface area contributed by atoms with Crippen LogP contribution in [0.15, 0.2) is 41.6 Å². The number of nitrogens with zero attached hydrogens (tertiary/aromatic N) is 3. The van der Waals surface area contributed by atoms with E-state index in [-0.39, 0.29) is 5.56 Å². The van der Waals surface area contributed by atoms with Crippen molar-refractivity contribution in [3.05, 3.63) is 58.5 Å². The van der Waals surface area contributed by atoms with E-state index in [0.717, 1.165) is 27.9 Å². The second-order valence-corrected chi connectivity index (χ2v) is 8.80. The van der Waals surface area contributed by atoms with Crippen LogP contribution in [0.5, 0.6) is 5.75 Å². The Morgan fingerprint density at radius 2 is 2.19 bits per heavy atom. The van der Waals surface area contributed by atoms with Gasteiger partial charge in [0.2, 0.25) is 0 Å². The minimum atomic E-state index is -0.0804. The van der Waals surface area contributed by atoms with Crippen LogP contribution in [-0.4, -0.2) is 40.7 Å². The molecule has 0 radical (unpaired) electrons. The Morgan fingerprint density at radius 1 is 1.38 bits per heavy atom. The van der Waals surface area contributed by atoms with Gasteiger partial charge in [-0.15, -0.1) is 0 Å².